The fourth-order valence-corrected chi connectivity index (χ4v) is 2.81. The molecule has 2 N–H and O–H groups in total. The maximum Gasteiger partial charge on any atom is 0.258 e. The third-order valence-corrected chi connectivity index (χ3v) is 4.02. The first-order valence-corrected chi connectivity index (χ1v) is 7.43. The number of rotatable bonds is 5. The van der Waals surface area contributed by atoms with Crippen molar-refractivity contribution in [1.29, 1.82) is 0 Å². The Kier molecular flexibility index (Phi) is 4.11. The number of carbonyl (C=O) groups excluding carboxylic acids is 1. The summed E-state index contributed by atoms with van der Waals surface area (Å²) in [7, 11) is 0. The van der Waals surface area contributed by atoms with Crippen LogP contribution in [0.15, 0.2) is 54.6 Å². The molecule has 0 bridgehead atoms. The lowest BCUT2D eigenvalue weighted by molar-refractivity contribution is -0.124. The second-order valence-corrected chi connectivity index (χ2v) is 5.57. The standard InChI is InChI=1S/C18H19NO3/c20-17(12-22-15-7-2-1-3-8-15)19-13-18(21)11-10-14-6-4-5-9-16(14)18/h1-9,21H,10-13H2,(H,19,20)/t18-/m0/s1. The molecule has 1 aliphatic rings. The highest BCUT2D eigenvalue weighted by Crippen LogP contribution is 2.36. The minimum Gasteiger partial charge on any atom is -0.484 e. The van der Waals surface area contributed by atoms with Crippen molar-refractivity contribution in [2.45, 2.75) is 18.4 Å². The average Bonchev–Trinajstić information content (AvgIpc) is 2.90. The molecule has 0 fully saturated rings. The number of aliphatic hydroxyl groups is 1. The second-order valence-electron chi connectivity index (χ2n) is 5.57. The molecular formula is C18H19NO3. The molecule has 22 heavy (non-hydrogen) atoms. The number of aryl methyl sites for hydroxylation is 1. The first-order chi connectivity index (χ1) is 10.7. The normalized spacial score (nSPS) is 19.5. The first kappa shape index (κ1) is 14.6. The van der Waals surface area contributed by atoms with Gasteiger partial charge in [-0.25, -0.2) is 0 Å². The van der Waals surface area contributed by atoms with Crippen LogP contribution in [0.5, 0.6) is 5.75 Å². The quantitative estimate of drug-likeness (QED) is 0.887. The Bertz CT molecular complexity index is 656. The third kappa shape index (κ3) is 3.12. The van der Waals surface area contributed by atoms with Gasteiger partial charge in [-0.2, -0.15) is 0 Å². The maximum atomic E-state index is 11.9. The monoisotopic (exact) mass is 297 g/mol. The van der Waals surface area contributed by atoms with Crippen LogP contribution >= 0.6 is 0 Å². The number of para-hydroxylation sites is 1. The van der Waals surface area contributed by atoms with Crippen molar-refractivity contribution in [3.8, 4) is 5.75 Å². The lowest BCUT2D eigenvalue weighted by Crippen LogP contribution is -2.41. The van der Waals surface area contributed by atoms with Gasteiger partial charge < -0.3 is 15.2 Å². The lowest BCUT2D eigenvalue weighted by Gasteiger charge is -2.24. The van der Waals surface area contributed by atoms with E-state index in [-0.39, 0.29) is 19.1 Å². The van der Waals surface area contributed by atoms with Gasteiger partial charge in [-0.1, -0.05) is 42.5 Å². The minimum absolute atomic E-state index is 0.0538. The molecule has 0 unspecified atom stereocenters. The Hall–Kier alpha value is -2.33. The van der Waals surface area contributed by atoms with E-state index in [1.54, 1.807) is 12.1 Å². The summed E-state index contributed by atoms with van der Waals surface area (Å²) in [6, 6.07) is 17.0. The lowest BCUT2D eigenvalue weighted by atomic mass is 9.96. The molecule has 2 aromatic carbocycles. The van der Waals surface area contributed by atoms with Crippen molar-refractivity contribution in [3.63, 3.8) is 0 Å². The van der Waals surface area contributed by atoms with Gasteiger partial charge in [0.15, 0.2) is 6.61 Å². The van der Waals surface area contributed by atoms with Crippen LogP contribution in [0.4, 0.5) is 0 Å². The van der Waals surface area contributed by atoms with Gasteiger partial charge in [0.1, 0.15) is 11.4 Å². The summed E-state index contributed by atoms with van der Waals surface area (Å²) in [5.41, 5.74) is 1.10. The largest absolute Gasteiger partial charge is 0.484 e. The van der Waals surface area contributed by atoms with Crippen molar-refractivity contribution in [3.05, 3.63) is 65.7 Å². The molecule has 4 heteroatoms. The number of ether oxygens (including phenoxy) is 1. The Balaban J connectivity index is 1.53. The second kappa shape index (κ2) is 6.20. The number of hydrogen-bond donors (Lipinski definition) is 2. The highest BCUT2D eigenvalue weighted by atomic mass is 16.5. The molecule has 1 atom stereocenters. The molecule has 3 rings (SSSR count). The predicted octanol–water partition coefficient (Wildman–Crippen LogP) is 2.02. The van der Waals surface area contributed by atoms with Crippen LogP contribution in [0, 0.1) is 0 Å². The van der Waals surface area contributed by atoms with E-state index in [9.17, 15) is 9.90 Å². The van der Waals surface area contributed by atoms with Crippen LogP contribution in [-0.4, -0.2) is 24.2 Å². The van der Waals surface area contributed by atoms with Gasteiger partial charge in [-0.3, -0.25) is 4.79 Å². The minimum atomic E-state index is -0.973. The fourth-order valence-electron chi connectivity index (χ4n) is 2.81. The van der Waals surface area contributed by atoms with Gasteiger partial charge in [0.25, 0.3) is 5.91 Å². The molecule has 0 saturated carbocycles. The summed E-state index contributed by atoms with van der Waals surface area (Å²) in [5, 5.41) is 13.5. The zero-order chi connectivity index (χ0) is 15.4. The highest BCUT2D eigenvalue weighted by Gasteiger charge is 2.36. The van der Waals surface area contributed by atoms with Crippen molar-refractivity contribution in [2.75, 3.05) is 13.2 Å². The molecule has 0 saturated heterocycles. The number of hydrogen-bond acceptors (Lipinski definition) is 3. The Labute approximate surface area is 129 Å². The number of amides is 1. The predicted molar refractivity (Wildman–Crippen MR) is 83.6 cm³/mol. The van der Waals surface area contributed by atoms with Crippen LogP contribution < -0.4 is 10.1 Å². The van der Waals surface area contributed by atoms with Crippen LogP contribution in [0.3, 0.4) is 0 Å². The molecule has 1 amide bonds. The summed E-state index contributed by atoms with van der Waals surface area (Å²) in [6.45, 7) is 0.155. The zero-order valence-corrected chi connectivity index (χ0v) is 12.3. The fraction of sp³-hybridized carbons (Fsp3) is 0.278. The molecular weight excluding hydrogens is 278 g/mol. The van der Waals surface area contributed by atoms with Gasteiger partial charge in [0.05, 0.1) is 6.54 Å². The van der Waals surface area contributed by atoms with E-state index in [1.165, 1.54) is 0 Å². The molecule has 0 radical (unpaired) electrons. The van der Waals surface area contributed by atoms with E-state index in [4.69, 9.17) is 4.74 Å². The zero-order valence-electron chi connectivity index (χ0n) is 12.3. The number of carbonyl (C=O) groups is 1. The van der Waals surface area contributed by atoms with Crippen LogP contribution in [-0.2, 0) is 16.8 Å². The van der Waals surface area contributed by atoms with Crippen molar-refractivity contribution in [1.82, 2.24) is 5.32 Å². The van der Waals surface area contributed by atoms with Gasteiger partial charge in [0, 0.05) is 0 Å². The maximum absolute atomic E-state index is 11.9. The number of benzene rings is 2. The summed E-state index contributed by atoms with van der Waals surface area (Å²) in [4.78, 5) is 11.9. The van der Waals surface area contributed by atoms with Crippen molar-refractivity contribution < 1.29 is 14.6 Å². The van der Waals surface area contributed by atoms with Crippen LogP contribution in [0.2, 0.25) is 0 Å². The van der Waals surface area contributed by atoms with Gasteiger partial charge in [0.2, 0.25) is 0 Å². The van der Waals surface area contributed by atoms with E-state index >= 15 is 0 Å². The van der Waals surface area contributed by atoms with Crippen molar-refractivity contribution >= 4 is 5.91 Å². The van der Waals surface area contributed by atoms with E-state index in [0.29, 0.717) is 12.2 Å². The van der Waals surface area contributed by atoms with E-state index in [2.05, 4.69) is 5.32 Å². The molecule has 1 aliphatic carbocycles. The first-order valence-electron chi connectivity index (χ1n) is 7.43. The summed E-state index contributed by atoms with van der Waals surface area (Å²) in [5.74, 6) is 0.421. The molecule has 0 heterocycles. The van der Waals surface area contributed by atoms with Gasteiger partial charge in [-0.15, -0.1) is 0 Å². The number of fused-ring (bicyclic) bond motifs is 1. The Morgan fingerprint density at radius 1 is 1.14 bits per heavy atom. The SMILES string of the molecule is O=C(COc1ccccc1)NC[C@@]1(O)CCc2ccccc21. The summed E-state index contributed by atoms with van der Waals surface area (Å²) >= 11 is 0. The highest BCUT2D eigenvalue weighted by molar-refractivity contribution is 5.77. The van der Waals surface area contributed by atoms with Crippen LogP contribution in [0.1, 0.15) is 17.5 Å². The number of nitrogens with one attached hydrogen (secondary N) is 1. The molecule has 4 nitrogen and oxygen atoms in total. The molecule has 0 spiro atoms. The van der Waals surface area contributed by atoms with E-state index in [1.807, 2.05) is 42.5 Å². The summed E-state index contributed by atoms with van der Waals surface area (Å²) < 4.78 is 5.39. The topological polar surface area (TPSA) is 58.6 Å². The van der Waals surface area contributed by atoms with Crippen molar-refractivity contribution in [2.24, 2.45) is 0 Å². The molecule has 2 aromatic rings. The molecule has 114 valence electrons. The van der Waals surface area contributed by atoms with E-state index in [0.717, 1.165) is 17.5 Å². The summed E-state index contributed by atoms with van der Waals surface area (Å²) in [6.07, 6.45) is 1.47. The third-order valence-electron chi connectivity index (χ3n) is 4.02. The average molecular weight is 297 g/mol. The molecule has 0 aromatic heterocycles. The smallest absolute Gasteiger partial charge is 0.258 e. The van der Waals surface area contributed by atoms with Crippen LogP contribution in [0.25, 0.3) is 0 Å². The van der Waals surface area contributed by atoms with Gasteiger partial charge >= 0.3 is 0 Å². The Morgan fingerprint density at radius 2 is 1.86 bits per heavy atom. The Morgan fingerprint density at radius 3 is 2.68 bits per heavy atom. The molecule has 0 aliphatic heterocycles. The van der Waals surface area contributed by atoms with E-state index < -0.39 is 5.60 Å². The van der Waals surface area contributed by atoms with Gasteiger partial charge in [-0.05, 0) is 36.1 Å².